The van der Waals surface area contributed by atoms with Gasteiger partial charge in [-0.1, -0.05) is 11.1 Å². The zero-order valence-corrected chi connectivity index (χ0v) is 11.1. The molecule has 6 heteroatoms. The minimum absolute atomic E-state index is 0.0726. The van der Waals surface area contributed by atoms with Crippen molar-refractivity contribution in [3.8, 4) is 0 Å². The minimum atomic E-state index is -1.01. The first-order valence-corrected chi connectivity index (χ1v) is 6.40. The van der Waals surface area contributed by atoms with Crippen molar-refractivity contribution in [3.05, 3.63) is 12.7 Å². The molecule has 19 heavy (non-hydrogen) atoms. The Bertz CT molecular complexity index is 350. The predicted molar refractivity (Wildman–Crippen MR) is 66.8 cm³/mol. The van der Waals surface area contributed by atoms with E-state index >= 15 is 0 Å². The summed E-state index contributed by atoms with van der Waals surface area (Å²) in [6.07, 6.45) is 4.16. The van der Waals surface area contributed by atoms with Crippen molar-refractivity contribution in [2.45, 2.75) is 51.6 Å². The number of amides is 2. The Labute approximate surface area is 112 Å². The molecule has 0 spiro atoms. The summed E-state index contributed by atoms with van der Waals surface area (Å²) in [5.74, 6) is -1.03. The molecule has 1 fully saturated rings. The van der Waals surface area contributed by atoms with Crippen LogP contribution in [0.15, 0.2) is 12.7 Å². The van der Waals surface area contributed by atoms with E-state index in [0.29, 0.717) is 11.5 Å². The maximum absolute atomic E-state index is 11.4. The summed E-state index contributed by atoms with van der Waals surface area (Å²) in [4.78, 5) is 38.4. The molecule has 1 saturated heterocycles. The molecule has 6 nitrogen and oxygen atoms in total. The summed E-state index contributed by atoms with van der Waals surface area (Å²) in [5.41, 5.74) is 0. The third kappa shape index (κ3) is 5.11. The zero-order chi connectivity index (χ0) is 14.3. The number of carbonyl (C=O) groups is 3. The smallest absolute Gasteiger partial charge is 0.430 e. The van der Waals surface area contributed by atoms with E-state index in [0.717, 1.165) is 19.3 Å². The first-order chi connectivity index (χ1) is 9.04. The number of ether oxygens (including phenoxy) is 1. The number of allylic oxidation sites excluding steroid dienone is 1. The summed E-state index contributed by atoms with van der Waals surface area (Å²) in [6.45, 7) is 5.36. The Morgan fingerprint density at radius 1 is 1.37 bits per heavy atom. The number of hydrogen-bond acceptors (Lipinski definition) is 5. The van der Waals surface area contributed by atoms with Crippen LogP contribution in [0.5, 0.6) is 0 Å². The van der Waals surface area contributed by atoms with Gasteiger partial charge >= 0.3 is 6.16 Å². The van der Waals surface area contributed by atoms with Gasteiger partial charge in [-0.05, 0) is 32.6 Å². The maximum atomic E-state index is 11.4. The summed E-state index contributed by atoms with van der Waals surface area (Å²) in [6, 6.07) is 0. The van der Waals surface area contributed by atoms with Crippen LogP contribution in [0.4, 0.5) is 4.79 Å². The second-order valence-electron chi connectivity index (χ2n) is 4.42. The van der Waals surface area contributed by atoms with Gasteiger partial charge < -0.3 is 4.74 Å². The molecule has 1 rings (SSSR count). The molecule has 0 aliphatic carbocycles. The molecule has 0 aromatic rings. The van der Waals surface area contributed by atoms with E-state index in [-0.39, 0.29) is 18.9 Å². The van der Waals surface area contributed by atoms with Gasteiger partial charge in [0.05, 0.1) is 0 Å². The average Bonchev–Trinajstić information content (AvgIpc) is 2.66. The van der Waals surface area contributed by atoms with Crippen molar-refractivity contribution in [3.63, 3.8) is 0 Å². The number of unbranched alkanes of at least 4 members (excludes halogenated alkanes) is 2. The normalized spacial score (nSPS) is 16.4. The highest BCUT2D eigenvalue weighted by Crippen LogP contribution is 2.14. The largest absolute Gasteiger partial charge is 0.534 e. The molecule has 1 aliphatic heterocycles. The maximum Gasteiger partial charge on any atom is 0.534 e. The zero-order valence-electron chi connectivity index (χ0n) is 11.1. The van der Waals surface area contributed by atoms with E-state index in [2.05, 4.69) is 11.4 Å². The molecule has 0 aromatic carbocycles. The molecule has 1 atom stereocenters. The van der Waals surface area contributed by atoms with E-state index in [4.69, 9.17) is 4.74 Å². The van der Waals surface area contributed by atoms with E-state index in [1.165, 1.54) is 0 Å². The number of hydrogen-bond donors (Lipinski definition) is 0. The summed E-state index contributed by atoms with van der Waals surface area (Å²) in [7, 11) is 0. The standard InChI is InChI=1S/C13H19NO5/c1-3-4-5-6-7-10(2)18-13(17)19-14-11(15)8-9-12(14)16/h3,10H,1,4-9H2,2H3/t10-/m0/s1. The molecule has 106 valence electrons. The first-order valence-electron chi connectivity index (χ1n) is 6.40. The van der Waals surface area contributed by atoms with Gasteiger partial charge in [0.25, 0.3) is 11.8 Å². The fourth-order valence-corrected chi connectivity index (χ4v) is 1.70. The van der Waals surface area contributed by atoms with Crippen molar-refractivity contribution < 1.29 is 24.0 Å². The molecule has 1 heterocycles. The van der Waals surface area contributed by atoms with Gasteiger partial charge in [0, 0.05) is 12.8 Å². The van der Waals surface area contributed by atoms with Crippen LogP contribution in [0.3, 0.4) is 0 Å². The van der Waals surface area contributed by atoms with Crippen LogP contribution < -0.4 is 0 Å². The highest BCUT2D eigenvalue weighted by molar-refractivity contribution is 6.01. The van der Waals surface area contributed by atoms with E-state index in [9.17, 15) is 14.4 Å². The van der Waals surface area contributed by atoms with Gasteiger partial charge in [-0.2, -0.15) is 0 Å². The van der Waals surface area contributed by atoms with Crippen LogP contribution in [0, 0.1) is 0 Å². The lowest BCUT2D eigenvalue weighted by molar-refractivity contribution is -0.178. The van der Waals surface area contributed by atoms with Crippen LogP contribution in [0.1, 0.15) is 45.4 Å². The minimum Gasteiger partial charge on any atom is -0.430 e. The van der Waals surface area contributed by atoms with Crippen LogP contribution in [0.25, 0.3) is 0 Å². The summed E-state index contributed by atoms with van der Waals surface area (Å²) < 4.78 is 4.96. The summed E-state index contributed by atoms with van der Waals surface area (Å²) >= 11 is 0. The molecular weight excluding hydrogens is 250 g/mol. The molecule has 0 unspecified atom stereocenters. The summed E-state index contributed by atoms with van der Waals surface area (Å²) in [5, 5.41) is 0.479. The average molecular weight is 269 g/mol. The van der Waals surface area contributed by atoms with Crippen molar-refractivity contribution in [2.75, 3.05) is 0 Å². The van der Waals surface area contributed by atoms with E-state index in [1.807, 2.05) is 6.08 Å². The number of carbonyl (C=O) groups excluding carboxylic acids is 3. The van der Waals surface area contributed by atoms with Crippen LogP contribution in [0.2, 0.25) is 0 Å². The predicted octanol–water partition coefficient (Wildman–Crippen LogP) is 2.34. The Balaban J connectivity index is 2.24. The fraction of sp³-hybridized carbons (Fsp3) is 0.615. The SMILES string of the molecule is C=CCCCC[C@H](C)OC(=O)ON1C(=O)CCC1=O. The fourth-order valence-electron chi connectivity index (χ4n) is 1.70. The van der Waals surface area contributed by atoms with Crippen LogP contribution >= 0.6 is 0 Å². The van der Waals surface area contributed by atoms with Crippen molar-refractivity contribution in [2.24, 2.45) is 0 Å². The Morgan fingerprint density at radius 3 is 2.58 bits per heavy atom. The van der Waals surface area contributed by atoms with Gasteiger partial charge in [-0.15, -0.1) is 6.58 Å². The second-order valence-corrected chi connectivity index (χ2v) is 4.42. The van der Waals surface area contributed by atoms with E-state index < -0.39 is 18.0 Å². The number of imide groups is 1. The van der Waals surface area contributed by atoms with Gasteiger partial charge in [0.15, 0.2) is 0 Å². The van der Waals surface area contributed by atoms with Crippen molar-refractivity contribution in [1.29, 1.82) is 0 Å². The third-order valence-corrected chi connectivity index (χ3v) is 2.74. The molecule has 0 saturated carbocycles. The van der Waals surface area contributed by atoms with Crippen molar-refractivity contribution in [1.82, 2.24) is 5.06 Å². The number of rotatable bonds is 7. The lowest BCUT2D eigenvalue weighted by Gasteiger charge is -2.15. The topological polar surface area (TPSA) is 72.9 Å². The molecule has 2 amide bonds. The molecule has 0 radical (unpaired) electrons. The number of hydroxylamine groups is 2. The first kappa shape index (κ1) is 15.2. The number of nitrogens with zero attached hydrogens (tertiary/aromatic N) is 1. The van der Waals surface area contributed by atoms with Crippen LogP contribution in [-0.4, -0.2) is 29.1 Å². The molecular formula is C13H19NO5. The second kappa shape index (κ2) is 7.56. The highest BCUT2D eigenvalue weighted by atomic mass is 16.8. The Hall–Kier alpha value is -1.85. The van der Waals surface area contributed by atoms with Crippen molar-refractivity contribution >= 4 is 18.0 Å². The lowest BCUT2D eigenvalue weighted by Crippen LogP contribution is -2.33. The quantitative estimate of drug-likeness (QED) is 0.307. The van der Waals surface area contributed by atoms with Gasteiger partial charge in [-0.25, -0.2) is 4.79 Å². The Kier molecular flexibility index (Phi) is 6.05. The van der Waals surface area contributed by atoms with E-state index in [1.54, 1.807) is 6.92 Å². The van der Waals surface area contributed by atoms with Gasteiger partial charge in [0.2, 0.25) is 0 Å². The third-order valence-electron chi connectivity index (χ3n) is 2.74. The molecule has 1 aliphatic rings. The highest BCUT2D eigenvalue weighted by Gasteiger charge is 2.33. The molecule has 0 N–H and O–H groups in total. The van der Waals surface area contributed by atoms with Gasteiger partial charge in [0.1, 0.15) is 6.10 Å². The Morgan fingerprint density at radius 2 is 2.00 bits per heavy atom. The van der Waals surface area contributed by atoms with Gasteiger partial charge in [-0.3, -0.25) is 14.4 Å². The monoisotopic (exact) mass is 269 g/mol. The van der Waals surface area contributed by atoms with Crippen LogP contribution in [-0.2, 0) is 19.2 Å². The molecule has 0 aromatic heterocycles. The molecule has 0 bridgehead atoms. The lowest BCUT2D eigenvalue weighted by atomic mass is 10.1.